The molecule has 24 heavy (non-hydrogen) atoms. The molecule has 2 N–H and O–H groups in total. The zero-order valence-electron chi connectivity index (χ0n) is 14.9. The lowest BCUT2D eigenvalue weighted by molar-refractivity contribution is 0.555. The zero-order chi connectivity index (χ0) is 16.7. The van der Waals surface area contributed by atoms with Gasteiger partial charge in [0.2, 0.25) is 0 Å². The molecule has 0 aliphatic heterocycles. The number of halogens is 1. The molecule has 0 amide bonds. The summed E-state index contributed by atoms with van der Waals surface area (Å²) in [7, 11) is 3.72. The summed E-state index contributed by atoms with van der Waals surface area (Å²) in [4.78, 5) is 4.24. The topological polar surface area (TPSA) is 72.1 Å². The monoisotopic (exact) mass is 445 g/mol. The summed E-state index contributed by atoms with van der Waals surface area (Å²) in [5, 5.41) is 15.3. The normalized spacial score (nSPS) is 11.2. The molecule has 0 aromatic carbocycles. The van der Waals surface area contributed by atoms with E-state index in [2.05, 4.69) is 43.5 Å². The number of aryl methyl sites for hydroxylation is 4. The van der Waals surface area contributed by atoms with Gasteiger partial charge >= 0.3 is 0 Å². The minimum Gasteiger partial charge on any atom is -0.356 e. The Morgan fingerprint density at radius 2 is 2.00 bits per heavy atom. The standard InChI is InChI=1S/C16H27N7.HI/c1-13-10-14(2)23(21-13)9-5-7-18-16(17-3)19-8-6-15-11-20-22(4)12-15;/h10-12H,5-9H2,1-4H3,(H2,17,18,19);1H. The van der Waals surface area contributed by atoms with Crippen LogP contribution in [0.4, 0.5) is 0 Å². The minimum atomic E-state index is 0. The van der Waals surface area contributed by atoms with Crippen molar-refractivity contribution in [2.45, 2.75) is 33.2 Å². The first-order valence-corrected chi connectivity index (χ1v) is 8.01. The number of nitrogens with one attached hydrogen (secondary N) is 2. The third-order valence-electron chi connectivity index (χ3n) is 3.63. The highest BCUT2D eigenvalue weighted by atomic mass is 127. The maximum atomic E-state index is 4.47. The van der Waals surface area contributed by atoms with Gasteiger partial charge in [0.05, 0.1) is 11.9 Å². The fourth-order valence-electron chi connectivity index (χ4n) is 2.48. The Labute approximate surface area is 160 Å². The van der Waals surface area contributed by atoms with Crippen LogP contribution in [-0.2, 0) is 20.0 Å². The van der Waals surface area contributed by atoms with Crippen molar-refractivity contribution in [1.82, 2.24) is 30.2 Å². The smallest absolute Gasteiger partial charge is 0.190 e. The maximum absolute atomic E-state index is 4.47. The predicted octanol–water partition coefficient (Wildman–Crippen LogP) is 1.65. The largest absolute Gasteiger partial charge is 0.356 e. The number of hydrogen-bond acceptors (Lipinski definition) is 3. The maximum Gasteiger partial charge on any atom is 0.190 e. The van der Waals surface area contributed by atoms with E-state index in [4.69, 9.17) is 0 Å². The van der Waals surface area contributed by atoms with Crippen molar-refractivity contribution in [3.05, 3.63) is 35.4 Å². The molecule has 0 fully saturated rings. The Bertz CT molecular complexity index is 645. The van der Waals surface area contributed by atoms with Gasteiger partial charge in [0.25, 0.3) is 0 Å². The number of nitrogens with zero attached hydrogens (tertiary/aromatic N) is 5. The first-order chi connectivity index (χ1) is 11.1. The van der Waals surface area contributed by atoms with Crippen LogP contribution < -0.4 is 10.6 Å². The molecule has 0 unspecified atom stereocenters. The minimum absolute atomic E-state index is 0. The molecule has 0 aliphatic carbocycles. The highest BCUT2D eigenvalue weighted by Gasteiger charge is 2.02. The lowest BCUT2D eigenvalue weighted by Crippen LogP contribution is -2.39. The molecule has 8 heteroatoms. The number of aliphatic imine (C=N–C) groups is 1. The van der Waals surface area contributed by atoms with E-state index in [-0.39, 0.29) is 24.0 Å². The van der Waals surface area contributed by atoms with E-state index >= 15 is 0 Å². The molecule has 2 rings (SSSR count). The fourth-order valence-corrected chi connectivity index (χ4v) is 2.48. The second-order valence-corrected chi connectivity index (χ2v) is 5.70. The predicted molar refractivity (Wildman–Crippen MR) is 108 cm³/mol. The third-order valence-corrected chi connectivity index (χ3v) is 3.63. The van der Waals surface area contributed by atoms with Gasteiger partial charge in [-0.05, 0) is 38.3 Å². The molecule has 0 radical (unpaired) electrons. The van der Waals surface area contributed by atoms with Crippen molar-refractivity contribution < 1.29 is 0 Å². The third kappa shape index (κ3) is 6.50. The quantitative estimate of drug-likeness (QED) is 0.294. The summed E-state index contributed by atoms with van der Waals surface area (Å²) >= 11 is 0. The molecule has 2 aromatic rings. The summed E-state index contributed by atoms with van der Waals surface area (Å²) in [6, 6.07) is 2.10. The average Bonchev–Trinajstić information content (AvgIpc) is 3.07. The van der Waals surface area contributed by atoms with E-state index < -0.39 is 0 Å². The van der Waals surface area contributed by atoms with E-state index in [0.717, 1.165) is 44.1 Å². The molecule has 0 saturated carbocycles. The first kappa shape index (κ1) is 20.5. The summed E-state index contributed by atoms with van der Waals surface area (Å²) in [5.41, 5.74) is 3.50. The first-order valence-electron chi connectivity index (χ1n) is 8.01. The van der Waals surface area contributed by atoms with Crippen molar-refractivity contribution in [1.29, 1.82) is 0 Å². The van der Waals surface area contributed by atoms with Crippen LogP contribution in [0.1, 0.15) is 23.4 Å². The van der Waals surface area contributed by atoms with Crippen LogP contribution in [0, 0.1) is 13.8 Å². The number of aromatic nitrogens is 4. The molecule has 0 spiro atoms. The van der Waals surface area contributed by atoms with Crippen LogP contribution in [0.3, 0.4) is 0 Å². The Balaban J connectivity index is 0.00000288. The summed E-state index contributed by atoms with van der Waals surface area (Å²) in [5.74, 6) is 0.835. The van der Waals surface area contributed by atoms with Crippen molar-refractivity contribution in [2.75, 3.05) is 20.1 Å². The van der Waals surface area contributed by atoms with Crippen molar-refractivity contribution in [3.8, 4) is 0 Å². The zero-order valence-corrected chi connectivity index (χ0v) is 17.2. The van der Waals surface area contributed by atoms with Gasteiger partial charge in [0.1, 0.15) is 0 Å². The molecule has 2 aromatic heterocycles. The number of guanidine groups is 1. The molecule has 134 valence electrons. The summed E-state index contributed by atoms with van der Waals surface area (Å²) in [6.07, 6.45) is 5.87. The lowest BCUT2D eigenvalue weighted by Gasteiger charge is -2.11. The summed E-state index contributed by atoms with van der Waals surface area (Å²) in [6.45, 7) is 6.73. The molecule has 0 aliphatic rings. The van der Waals surface area contributed by atoms with Crippen molar-refractivity contribution in [2.24, 2.45) is 12.0 Å². The second-order valence-electron chi connectivity index (χ2n) is 5.70. The number of hydrogen-bond donors (Lipinski definition) is 2. The molecular formula is C16H28IN7. The van der Waals surface area contributed by atoms with Crippen LogP contribution in [0.5, 0.6) is 0 Å². The molecule has 0 bridgehead atoms. The molecule has 0 atom stereocenters. The van der Waals surface area contributed by atoms with Crippen LogP contribution in [0.15, 0.2) is 23.5 Å². The van der Waals surface area contributed by atoms with Gasteiger partial charge in [-0.25, -0.2) is 0 Å². The van der Waals surface area contributed by atoms with Crippen LogP contribution >= 0.6 is 24.0 Å². The Morgan fingerprint density at radius 1 is 1.25 bits per heavy atom. The number of rotatable bonds is 7. The van der Waals surface area contributed by atoms with Crippen molar-refractivity contribution >= 4 is 29.9 Å². The lowest BCUT2D eigenvalue weighted by atomic mass is 10.2. The highest BCUT2D eigenvalue weighted by molar-refractivity contribution is 14.0. The van der Waals surface area contributed by atoms with E-state index in [1.54, 1.807) is 7.05 Å². The van der Waals surface area contributed by atoms with Gasteiger partial charge in [-0.2, -0.15) is 10.2 Å². The van der Waals surface area contributed by atoms with E-state index in [9.17, 15) is 0 Å². The second kappa shape index (κ2) is 10.3. The average molecular weight is 445 g/mol. The van der Waals surface area contributed by atoms with Crippen molar-refractivity contribution in [3.63, 3.8) is 0 Å². The summed E-state index contributed by atoms with van der Waals surface area (Å²) < 4.78 is 3.87. The van der Waals surface area contributed by atoms with E-state index in [0.29, 0.717) is 0 Å². The van der Waals surface area contributed by atoms with Crippen LogP contribution in [-0.4, -0.2) is 45.7 Å². The van der Waals surface area contributed by atoms with Gasteiger partial charge in [0, 0.05) is 45.6 Å². The Kier molecular flexibility index (Phi) is 8.80. The van der Waals surface area contributed by atoms with E-state index in [1.807, 2.05) is 31.0 Å². The molecule has 7 nitrogen and oxygen atoms in total. The van der Waals surface area contributed by atoms with Gasteiger partial charge in [-0.15, -0.1) is 24.0 Å². The molecule has 2 heterocycles. The molecular weight excluding hydrogens is 417 g/mol. The Morgan fingerprint density at radius 3 is 2.58 bits per heavy atom. The van der Waals surface area contributed by atoms with Gasteiger partial charge in [-0.3, -0.25) is 14.4 Å². The van der Waals surface area contributed by atoms with Gasteiger partial charge < -0.3 is 10.6 Å². The Hall–Kier alpha value is -1.58. The van der Waals surface area contributed by atoms with E-state index in [1.165, 1.54) is 11.3 Å². The van der Waals surface area contributed by atoms with Gasteiger partial charge in [0.15, 0.2) is 5.96 Å². The fraction of sp³-hybridized carbons (Fsp3) is 0.562. The van der Waals surface area contributed by atoms with Gasteiger partial charge in [-0.1, -0.05) is 0 Å². The molecule has 0 saturated heterocycles. The van der Waals surface area contributed by atoms with Crippen LogP contribution in [0.25, 0.3) is 0 Å². The highest BCUT2D eigenvalue weighted by Crippen LogP contribution is 2.02. The SMILES string of the molecule is CN=C(NCCCn1nc(C)cc1C)NCCc1cnn(C)c1.I. The van der Waals surface area contributed by atoms with Crippen LogP contribution in [0.2, 0.25) is 0 Å².